The third-order valence-electron chi connectivity index (χ3n) is 4.50. The quantitative estimate of drug-likeness (QED) is 0.237. The summed E-state index contributed by atoms with van der Waals surface area (Å²) in [4.78, 5) is 11.3. The molecule has 0 aromatic rings. The molecule has 137 valence electrons. The van der Waals surface area contributed by atoms with Gasteiger partial charge in [-0.25, -0.2) is 0 Å². The Hall–Kier alpha value is 0.0200. The Kier molecular flexibility index (Phi) is 20.1. The van der Waals surface area contributed by atoms with Crippen LogP contribution in [0.3, 0.4) is 0 Å². The van der Waals surface area contributed by atoms with Crippen LogP contribution in [0.2, 0.25) is 0 Å². The van der Waals surface area contributed by atoms with Gasteiger partial charge in [-0.15, -0.1) is 0 Å². The van der Waals surface area contributed by atoms with Crippen molar-refractivity contribution >= 4 is 16.9 Å². The summed E-state index contributed by atoms with van der Waals surface area (Å²) in [5.74, 6) is 0.678. The van der Waals surface area contributed by atoms with Crippen LogP contribution in [-0.2, 0) is 4.79 Å². The van der Waals surface area contributed by atoms with Crippen LogP contribution in [0.4, 0.5) is 0 Å². The SMILES string of the molecule is [CH2]CSC(=O)CCCCCCCCCCCCCCCCCC. The summed E-state index contributed by atoms with van der Waals surface area (Å²) in [5.41, 5.74) is 0. The summed E-state index contributed by atoms with van der Waals surface area (Å²) in [6.07, 6.45) is 22.8. The highest BCUT2D eigenvalue weighted by molar-refractivity contribution is 8.13. The van der Waals surface area contributed by atoms with E-state index in [9.17, 15) is 4.79 Å². The second-order valence-corrected chi connectivity index (χ2v) is 7.93. The monoisotopic (exact) mass is 341 g/mol. The first kappa shape index (κ1) is 23.0. The Bertz CT molecular complexity index is 240. The molecule has 1 nitrogen and oxygen atoms in total. The zero-order chi connectivity index (χ0) is 17.0. The van der Waals surface area contributed by atoms with E-state index < -0.39 is 0 Å². The topological polar surface area (TPSA) is 17.1 Å². The molecular formula is C21H41OS. The summed E-state index contributed by atoms with van der Waals surface area (Å²) in [5, 5.41) is 0.324. The highest BCUT2D eigenvalue weighted by atomic mass is 32.2. The number of rotatable bonds is 18. The summed E-state index contributed by atoms with van der Waals surface area (Å²) >= 11 is 1.37. The molecule has 2 heteroatoms. The standard InChI is InChI=1S/C21H41OS/c1-3-5-6-7-8-9-10-11-12-13-14-15-16-17-18-19-20-21(22)23-4-2/h2-20H2,1H3. The van der Waals surface area contributed by atoms with Crippen molar-refractivity contribution in [2.45, 2.75) is 116 Å². The van der Waals surface area contributed by atoms with Gasteiger partial charge in [0.05, 0.1) is 0 Å². The van der Waals surface area contributed by atoms with E-state index in [1.54, 1.807) is 0 Å². The first-order valence-electron chi connectivity index (χ1n) is 10.3. The van der Waals surface area contributed by atoms with E-state index in [1.165, 1.54) is 108 Å². The van der Waals surface area contributed by atoms with Gasteiger partial charge < -0.3 is 0 Å². The van der Waals surface area contributed by atoms with Gasteiger partial charge in [0.2, 0.25) is 0 Å². The van der Waals surface area contributed by atoms with Crippen molar-refractivity contribution in [1.82, 2.24) is 0 Å². The molecule has 0 bridgehead atoms. The molecule has 0 N–H and O–H groups in total. The molecule has 0 heterocycles. The molecule has 1 radical (unpaired) electrons. The molecule has 0 rings (SSSR count). The molecule has 0 atom stereocenters. The average molecular weight is 342 g/mol. The van der Waals surface area contributed by atoms with E-state index in [4.69, 9.17) is 0 Å². The summed E-state index contributed by atoms with van der Waals surface area (Å²) in [6.45, 7) is 5.98. The normalized spacial score (nSPS) is 11.0. The average Bonchev–Trinajstić information content (AvgIpc) is 2.54. The molecule has 0 aliphatic heterocycles. The maximum Gasteiger partial charge on any atom is 0.188 e. The summed E-state index contributed by atoms with van der Waals surface area (Å²) in [7, 11) is 0. The molecule has 0 saturated heterocycles. The summed E-state index contributed by atoms with van der Waals surface area (Å²) < 4.78 is 0. The molecule has 0 aliphatic rings. The van der Waals surface area contributed by atoms with Crippen molar-refractivity contribution in [2.75, 3.05) is 5.75 Å². The van der Waals surface area contributed by atoms with E-state index in [1.807, 2.05) is 0 Å². The van der Waals surface area contributed by atoms with Crippen LogP contribution in [0.1, 0.15) is 116 Å². The highest BCUT2D eigenvalue weighted by Gasteiger charge is 2.00. The van der Waals surface area contributed by atoms with Crippen LogP contribution >= 0.6 is 11.8 Å². The van der Waals surface area contributed by atoms with Gasteiger partial charge in [0.1, 0.15) is 0 Å². The van der Waals surface area contributed by atoms with Gasteiger partial charge in [-0.3, -0.25) is 4.79 Å². The lowest BCUT2D eigenvalue weighted by atomic mass is 10.0. The Morgan fingerprint density at radius 2 is 1.00 bits per heavy atom. The summed E-state index contributed by atoms with van der Waals surface area (Å²) in [6, 6.07) is 0. The number of thioether (sulfide) groups is 1. The van der Waals surface area contributed by atoms with Crippen LogP contribution in [0.25, 0.3) is 0 Å². The first-order valence-corrected chi connectivity index (χ1v) is 11.2. The minimum Gasteiger partial charge on any atom is -0.287 e. The lowest BCUT2D eigenvalue weighted by Gasteiger charge is -2.03. The third kappa shape index (κ3) is 20.0. The third-order valence-corrected chi connectivity index (χ3v) is 5.23. The molecule has 0 aromatic carbocycles. The van der Waals surface area contributed by atoms with Gasteiger partial charge in [0.15, 0.2) is 5.12 Å². The molecule has 0 unspecified atom stereocenters. The molecule has 0 fully saturated rings. The Morgan fingerprint density at radius 3 is 1.35 bits per heavy atom. The van der Waals surface area contributed by atoms with E-state index >= 15 is 0 Å². The van der Waals surface area contributed by atoms with Crippen molar-refractivity contribution in [1.29, 1.82) is 0 Å². The number of carbonyl (C=O) groups excluding carboxylic acids is 1. The molecule has 0 aromatic heterocycles. The predicted molar refractivity (Wildman–Crippen MR) is 107 cm³/mol. The molecule has 0 aliphatic carbocycles. The Labute approximate surface area is 150 Å². The van der Waals surface area contributed by atoms with E-state index in [2.05, 4.69) is 13.8 Å². The predicted octanol–water partition coefficient (Wildman–Crippen LogP) is 7.73. The second-order valence-electron chi connectivity index (χ2n) is 6.77. The minimum atomic E-state index is 0.324. The molecule has 0 amide bonds. The Balaban J connectivity index is 3.01. The lowest BCUT2D eigenvalue weighted by Crippen LogP contribution is -1.92. The van der Waals surface area contributed by atoms with Crippen LogP contribution in [0.15, 0.2) is 0 Å². The minimum absolute atomic E-state index is 0.324. The fourth-order valence-corrected chi connectivity index (χ4v) is 3.52. The number of unbranched alkanes of at least 4 members (excludes halogenated alkanes) is 15. The van der Waals surface area contributed by atoms with Gasteiger partial charge in [-0.2, -0.15) is 0 Å². The van der Waals surface area contributed by atoms with Crippen LogP contribution in [0, 0.1) is 6.92 Å². The van der Waals surface area contributed by atoms with Crippen LogP contribution in [0.5, 0.6) is 0 Å². The van der Waals surface area contributed by atoms with Gasteiger partial charge >= 0.3 is 0 Å². The van der Waals surface area contributed by atoms with Gasteiger partial charge in [-0.05, 0) is 13.3 Å². The van der Waals surface area contributed by atoms with Gasteiger partial charge in [0, 0.05) is 12.2 Å². The van der Waals surface area contributed by atoms with E-state index in [-0.39, 0.29) is 0 Å². The molecule has 0 spiro atoms. The molecule has 23 heavy (non-hydrogen) atoms. The van der Waals surface area contributed by atoms with Crippen LogP contribution < -0.4 is 0 Å². The van der Waals surface area contributed by atoms with E-state index in [0.29, 0.717) is 10.9 Å². The zero-order valence-corrected chi connectivity index (χ0v) is 16.6. The second kappa shape index (κ2) is 20.1. The first-order chi connectivity index (χ1) is 11.3. The van der Waals surface area contributed by atoms with Gasteiger partial charge in [0.25, 0.3) is 0 Å². The smallest absolute Gasteiger partial charge is 0.188 e. The number of hydrogen-bond donors (Lipinski definition) is 0. The maximum absolute atomic E-state index is 11.3. The number of hydrogen-bond acceptors (Lipinski definition) is 2. The molecule has 0 saturated carbocycles. The largest absolute Gasteiger partial charge is 0.287 e. The van der Waals surface area contributed by atoms with Crippen LogP contribution in [-0.4, -0.2) is 10.9 Å². The van der Waals surface area contributed by atoms with Crippen molar-refractivity contribution in [2.24, 2.45) is 0 Å². The highest BCUT2D eigenvalue weighted by Crippen LogP contribution is 2.15. The fraction of sp³-hybridized carbons (Fsp3) is 0.905. The molecular weight excluding hydrogens is 300 g/mol. The van der Waals surface area contributed by atoms with E-state index in [0.717, 1.165) is 12.8 Å². The fourth-order valence-electron chi connectivity index (χ4n) is 3.00. The van der Waals surface area contributed by atoms with Gasteiger partial charge in [-0.1, -0.05) is 115 Å². The number of carbonyl (C=O) groups is 1. The van der Waals surface area contributed by atoms with Crippen molar-refractivity contribution in [3.05, 3.63) is 6.92 Å². The van der Waals surface area contributed by atoms with Crippen molar-refractivity contribution in [3.63, 3.8) is 0 Å². The Morgan fingerprint density at radius 1 is 0.652 bits per heavy atom. The zero-order valence-electron chi connectivity index (χ0n) is 15.8. The maximum atomic E-state index is 11.3. The lowest BCUT2D eigenvalue weighted by molar-refractivity contribution is -0.111. The van der Waals surface area contributed by atoms with Crippen molar-refractivity contribution in [3.8, 4) is 0 Å². The van der Waals surface area contributed by atoms with Crippen molar-refractivity contribution < 1.29 is 4.79 Å².